The van der Waals surface area contributed by atoms with Crippen LogP contribution in [0.15, 0.2) is 35.6 Å². The largest absolute Gasteiger partial charge is 0.493 e. The predicted molar refractivity (Wildman–Crippen MR) is 126 cm³/mol. The normalized spacial score (nSPS) is 11.1. The van der Waals surface area contributed by atoms with Gasteiger partial charge in [-0.05, 0) is 31.9 Å². The Morgan fingerprint density at radius 2 is 2.04 bits per heavy atom. The quantitative estimate of drug-likeness (QED) is 0.223. The maximum absolute atomic E-state index is 6.03. The molecule has 0 unspecified atom stereocenters. The minimum atomic E-state index is 0. The van der Waals surface area contributed by atoms with Gasteiger partial charge >= 0.3 is 0 Å². The van der Waals surface area contributed by atoms with Crippen molar-refractivity contribution in [3.8, 4) is 5.75 Å². The van der Waals surface area contributed by atoms with Crippen LogP contribution in [-0.2, 0) is 20.1 Å². The number of benzene rings is 1. The number of halogens is 1. The van der Waals surface area contributed by atoms with Gasteiger partial charge in [0.25, 0.3) is 0 Å². The zero-order valence-electron chi connectivity index (χ0n) is 17.5. The monoisotopic (exact) mass is 499 g/mol. The van der Waals surface area contributed by atoms with Crippen LogP contribution in [0.3, 0.4) is 0 Å². The first-order valence-electron chi connectivity index (χ1n) is 9.84. The Kier molecular flexibility index (Phi) is 11.6. The molecule has 156 valence electrons. The van der Waals surface area contributed by atoms with E-state index in [4.69, 9.17) is 4.74 Å². The average Bonchev–Trinajstić information content (AvgIpc) is 3.07. The maximum atomic E-state index is 6.03. The van der Waals surface area contributed by atoms with E-state index in [1.807, 2.05) is 19.4 Å². The van der Waals surface area contributed by atoms with Gasteiger partial charge in [-0.2, -0.15) is 5.10 Å². The Morgan fingerprint density at radius 1 is 1.21 bits per heavy atom. The number of guanidine groups is 1. The number of rotatable bonds is 10. The number of hydrogen-bond acceptors (Lipinski definition) is 3. The van der Waals surface area contributed by atoms with Gasteiger partial charge in [0.1, 0.15) is 5.75 Å². The Balaban J connectivity index is 0.00000392. The Labute approximate surface area is 186 Å². The summed E-state index contributed by atoms with van der Waals surface area (Å²) in [5, 5.41) is 10.9. The lowest BCUT2D eigenvalue weighted by atomic mass is 10.1. The Morgan fingerprint density at radius 3 is 2.71 bits per heavy atom. The first kappa shape index (κ1) is 24.3. The lowest BCUT2D eigenvalue weighted by Gasteiger charge is -2.15. The van der Waals surface area contributed by atoms with Gasteiger partial charge in [-0.3, -0.25) is 4.68 Å². The summed E-state index contributed by atoms with van der Waals surface area (Å²) in [7, 11) is 1.91. The fourth-order valence-corrected chi connectivity index (χ4v) is 2.72. The van der Waals surface area contributed by atoms with Crippen molar-refractivity contribution in [1.29, 1.82) is 0 Å². The van der Waals surface area contributed by atoms with Crippen LogP contribution in [0.5, 0.6) is 5.75 Å². The summed E-state index contributed by atoms with van der Waals surface area (Å²) in [5.41, 5.74) is 3.44. The van der Waals surface area contributed by atoms with Crippen molar-refractivity contribution in [2.45, 2.75) is 53.1 Å². The molecule has 1 aromatic carbocycles. The van der Waals surface area contributed by atoms with E-state index in [1.54, 1.807) is 4.68 Å². The minimum absolute atomic E-state index is 0. The average molecular weight is 499 g/mol. The van der Waals surface area contributed by atoms with E-state index in [-0.39, 0.29) is 24.0 Å². The molecule has 0 aliphatic carbocycles. The summed E-state index contributed by atoms with van der Waals surface area (Å²) >= 11 is 0. The molecular formula is C21H34IN5O. The van der Waals surface area contributed by atoms with E-state index >= 15 is 0 Å². The minimum Gasteiger partial charge on any atom is -0.493 e. The van der Waals surface area contributed by atoms with Crippen LogP contribution < -0.4 is 15.4 Å². The Hall–Kier alpha value is -1.77. The van der Waals surface area contributed by atoms with Crippen molar-refractivity contribution in [1.82, 2.24) is 20.4 Å². The molecule has 0 atom stereocenters. The van der Waals surface area contributed by atoms with E-state index in [0.717, 1.165) is 42.4 Å². The van der Waals surface area contributed by atoms with Crippen molar-refractivity contribution in [2.24, 2.45) is 12.0 Å². The zero-order chi connectivity index (χ0) is 19.5. The molecule has 0 aliphatic rings. The van der Waals surface area contributed by atoms with Crippen LogP contribution in [0, 0.1) is 6.92 Å². The highest BCUT2D eigenvalue weighted by molar-refractivity contribution is 14.0. The molecule has 0 amide bonds. The van der Waals surface area contributed by atoms with E-state index in [0.29, 0.717) is 13.1 Å². The van der Waals surface area contributed by atoms with Crippen molar-refractivity contribution in [2.75, 3.05) is 13.2 Å². The smallest absolute Gasteiger partial charge is 0.191 e. The summed E-state index contributed by atoms with van der Waals surface area (Å²) in [6.07, 6.45) is 7.31. The van der Waals surface area contributed by atoms with Gasteiger partial charge in [-0.15, -0.1) is 24.0 Å². The molecule has 2 N–H and O–H groups in total. The molecule has 0 radical (unpaired) electrons. The number of nitrogens with one attached hydrogen (secondary N) is 2. The highest BCUT2D eigenvalue weighted by atomic mass is 127. The molecule has 0 saturated heterocycles. The predicted octanol–water partition coefficient (Wildman–Crippen LogP) is 4.17. The lowest BCUT2D eigenvalue weighted by molar-refractivity contribution is 0.303. The summed E-state index contributed by atoms with van der Waals surface area (Å²) in [6, 6.07) is 6.36. The fraction of sp³-hybridized carbons (Fsp3) is 0.524. The van der Waals surface area contributed by atoms with Gasteiger partial charge in [-0.25, -0.2) is 4.99 Å². The molecule has 1 aromatic heterocycles. The third-order valence-corrected chi connectivity index (χ3v) is 4.20. The van der Waals surface area contributed by atoms with Crippen LogP contribution in [0.4, 0.5) is 0 Å². The molecule has 2 rings (SSSR count). The number of aromatic nitrogens is 2. The number of aliphatic imine (C=N–C) groups is 1. The molecule has 1 heterocycles. The molecule has 0 fully saturated rings. The molecule has 0 saturated carbocycles. The van der Waals surface area contributed by atoms with Crippen molar-refractivity contribution < 1.29 is 4.74 Å². The molecule has 7 heteroatoms. The van der Waals surface area contributed by atoms with Crippen molar-refractivity contribution >= 4 is 29.9 Å². The zero-order valence-corrected chi connectivity index (χ0v) is 19.8. The number of nitrogens with zero attached hydrogens (tertiary/aromatic N) is 3. The molecule has 6 nitrogen and oxygen atoms in total. The van der Waals surface area contributed by atoms with Gasteiger partial charge in [0.05, 0.1) is 19.3 Å². The molecule has 0 aliphatic heterocycles. The lowest BCUT2D eigenvalue weighted by Crippen LogP contribution is -2.36. The molecule has 28 heavy (non-hydrogen) atoms. The molecule has 2 aromatic rings. The molecular weight excluding hydrogens is 465 g/mol. The van der Waals surface area contributed by atoms with Gasteiger partial charge < -0.3 is 15.4 Å². The number of ether oxygens (including phenoxy) is 1. The second kappa shape index (κ2) is 13.4. The second-order valence-electron chi connectivity index (χ2n) is 6.74. The number of unbranched alkanes of at least 4 members (excludes halogenated alkanes) is 2. The first-order chi connectivity index (χ1) is 13.1. The third kappa shape index (κ3) is 8.50. The van der Waals surface area contributed by atoms with Gasteiger partial charge in [0.2, 0.25) is 0 Å². The number of hydrogen-bond donors (Lipinski definition) is 2. The molecule has 0 bridgehead atoms. The van der Waals surface area contributed by atoms with Gasteiger partial charge in [-0.1, -0.05) is 31.9 Å². The van der Waals surface area contributed by atoms with E-state index < -0.39 is 0 Å². The standard InChI is InChI=1S/C21H33N5O.HI/c1-5-7-8-11-27-20-12-17(3)9-10-19(20)15-24-21(22-6-2)23-13-18-14-25-26(4)16-18;/h9-10,12,14,16H,5-8,11,13,15H2,1-4H3,(H2,22,23,24);1H. The van der Waals surface area contributed by atoms with Crippen molar-refractivity contribution in [3.05, 3.63) is 47.3 Å². The summed E-state index contributed by atoms with van der Waals surface area (Å²) in [5.74, 6) is 1.75. The fourth-order valence-electron chi connectivity index (χ4n) is 2.72. The third-order valence-electron chi connectivity index (χ3n) is 4.20. The summed E-state index contributed by atoms with van der Waals surface area (Å²) in [4.78, 5) is 4.65. The van der Waals surface area contributed by atoms with E-state index in [9.17, 15) is 0 Å². The van der Waals surface area contributed by atoms with Gasteiger partial charge in [0, 0.05) is 37.5 Å². The summed E-state index contributed by atoms with van der Waals surface area (Å²) in [6.45, 7) is 9.20. The van der Waals surface area contributed by atoms with Crippen LogP contribution in [0.2, 0.25) is 0 Å². The van der Waals surface area contributed by atoms with Crippen LogP contribution in [0.25, 0.3) is 0 Å². The second-order valence-corrected chi connectivity index (χ2v) is 6.74. The maximum Gasteiger partial charge on any atom is 0.191 e. The molecule has 0 spiro atoms. The van der Waals surface area contributed by atoms with Gasteiger partial charge in [0.15, 0.2) is 5.96 Å². The van der Waals surface area contributed by atoms with Crippen LogP contribution in [-0.4, -0.2) is 28.9 Å². The number of aryl methyl sites for hydroxylation is 2. The highest BCUT2D eigenvalue weighted by Gasteiger charge is 2.06. The van der Waals surface area contributed by atoms with Crippen LogP contribution >= 0.6 is 24.0 Å². The highest BCUT2D eigenvalue weighted by Crippen LogP contribution is 2.20. The van der Waals surface area contributed by atoms with Crippen LogP contribution in [0.1, 0.15) is 49.8 Å². The van der Waals surface area contributed by atoms with E-state index in [1.165, 1.54) is 18.4 Å². The summed E-state index contributed by atoms with van der Waals surface area (Å²) < 4.78 is 7.82. The van der Waals surface area contributed by atoms with Crippen molar-refractivity contribution in [3.63, 3.8) is 0 Å². The van der Waals surface area contributed by atoms with E-state index in [2.05, 4.69) is 59.7 Å². The SMILES string of the molecule is CCCCCOc1cc(C)ccc1CNC(=NCc1cnn(C)c1)NCC.I. The first-order valence-corrected chi connectivity index (χ1v) is 9.84. The Bertz CT molecular complexity index is 729. The topological polar surface area (TPSA) is 63.5 Å².